The Morgan fingerprint density at radius 2 is 0.887 bits per heavy atom. The lowest BCUT2D eigenvalue weighted by Gasteiger charge is -2.30. The lowest BCUT2D eigenvalue weighted by Crippen LogP contribution is -2.28. The van der Waals surface area contributed by atoms with Crippen LogP contribution in [-0.4, -0.2) is 6.04 Å². The van der Waals surface area contributed by atoms with Gasteiger partial charge in [-0.1, -0.05) is 206 Å². The second kappa shape index (κ2) is 16.3. The Kier molecular flexibility index (Phi) is 9.72. The molecule has 9 aromatic carbocycles. The van der Waals surface area contributed by atoms with E-state index in [1.807, 2.05) is 0 Å². The topological polar surface area (TPSA) is 6.48 Å². The third-order valence-corrected chi connectivity index (χ3v) is 12.4. The molecule has 0 aromatic heterocycles. The van der Waals surface area contributed by atoms with E-state index in [0.717, 1.165) is 17.1 Å². The third kappa shape index (κ3) is 6.73. The highest BCUT2D eigenvalue weighted by Gasteiger charge is 2.39. The maximum atomic E-state index is 2.51. The smallest absolute Gasteiger partial charge is 0.0629 e. The quantitative estimate of drug-likeness (QED) is 0.144. The molecule has 0 amide bonds. The van der Waals surface area contributed by atoms with Crippen molar-refractivity contribution in [2.45, 2.75) is 12.0 Å². The number of benzene rings is 9. The Labute approximate surface area is 364 Å². The van der Waals surface area contributed by atoms with Gasteiger partial charge in [-0.15, -0.1) is 0 Å². The molecular weight excluding hydrogens is 749 g/mol. The summed E-state index contributed by atoms with van der Waals surface area (Å²) in [5.74, 6) is 0.247. The standard InChI is InChI=1S/C60H44N2/c1-5-20-43(21-6-1)47-26-17-29-50(42-47)61(57-36-18-33-52(45-24-9-3-10-25-45)59(57)54-31-14-13-30-51(54)44-22-7-2-8-23-44)49-40-38-46(39-41-49)53-34-19-37-58-60(53)55-32-15-16-35-56(55)62(58)48-27-11-4-12-28-48/h1-42,55-56H. The van der Waals surface area contributed by atoms with Crippen LogP contribution in [0, 0.1) is 0 Å². The summed E-state index contributed by atoms with van der Waals surface area (Å²) in [5, 5.41) is 0. The van der Waals surface area contributed by atoms with Gasteiger partial charge >= 0.3 is 0 Å². The molecule has 62 heavy (non-hydrogen) atoms. The third-order valence-electron chi connectivity index (χ3n) is 12.4. The van der Waals surface area contributed by atoms with Crippen LogP contribution in [0.2, 0.25) is 0 Å². The molecule has 2 unspecified atom stereocenters. The summed E-state index contributed by atoms with van der Waals surface area (Å²) in [5.41, 5.74) is 19.0. The largest absolute Gasteiger partial charge is 0.333 e. The van der Waals surface area contributed by atoms with Crippen molar-refractivity contribution in [2.24, 2.45) is 0 Å². The van der Waals surface area contributed by atoms with Gasteiger partial charge in [-0.25, -0.2) is 0 Å². The molecule has 11 rings (SSSR count). The number of hydrogen-bond acceptors (Lipinski definition) is 2. The van der Waals surface area contributed by atoms with E-state index in [9.17, 15) is 0 Å². The van der Waals surface area contributed by atoms with Crippen LogP contribution >= 0.6 is 0 Å². The van der Waals surface area contributed by atoms with Crippen molar-refractivity contribution < 1.29 is 0 Å². The lowest BCUT2D eigenvalue weighted by molar-refractivity contribution is 0.745. The number of rotatable bonds is 9. The molecule has 0 fully saturated rings. The minimum absolute atomic E-state index is 0.222. The van der Waals surface area contributed by atoms with Crippen LogP contribution in [0.25, 0.3) is 55.6 Å². The maximum Gasteiger partial charge on any atom is 0.0629 e. The highest BCUT2D eigenvalue weighted by molar-refractivity contribution is 6.01. The van der Waals surface area contributed by atoms with Crippen molar-refractivity contribution in [3.8, 4) is 55.6 Å². The van der Waals surface area contributed by atoms with Gasteiger partial charge in [0.2, 0.25) is 0 Å². The van der Waals surface area contributed by atoms with Gasteiger partial charge in [0.05, 0.1) is 11.7 Å². The first kappa shape index (κ1) is 37.1. The number of fused-ring (bicyclic) bond motifs is 3. The Bertz CT molecular complexity index is 3060. The fourth-order valence-electron chi connectivity index (χ4n) is 9.65. The van der Waals surface area contributed by atoms with Gasteiger partial charge in [0, 0.05) is 34.2 Å². The molecule has 0 spiro atoms. The molecule has 0 N–H and O–H groups in total. The minimum atomic E-state index is 0.222. The zero-order chi connectivity index (χ0) is 41.2. The first-order chi connectivity index (χ1) is 30.8. The zero-order valence-electron chi connectivity index (χ0n) is 34.3. The summed E-state index contributed by atoms with van der Waals surface area (Å²) in [6.45, 7) is 0. The van der Waals surface area contributed by atoms with E-state index < -0.39 is 0 Å². The van der Waals surface area contributed by atoms with Crippen molar-refractivity contribution in [1.82, 2.24) is 0 Å². The van der Waals surface area contributed by atoms with Crippen LogP contribution < -0.4 is 9.80 Å². The monoisotopic (exact) mass is 792 g/mol. The van der Waals surface area contributed by atoms with Crippen LogP contribution in [0.3, 0.4) is 0 Å². The number of hydrogen-bond donors (Lipinski definition) is 0. The number of anilines is 5. The molecule has 2 heteroatoms. The van der Waals surface area contributed by atoms with Gasteiger partial charge in [0.25, 0.3) is 0 Å². The number of para-hydroxylation sites is 1. The van der Waals surface area contributed by atoms with Crippen molar-refractivity contribution in [1.29, 1.82) is 0 Å². The van der Waals surface area contributed by atoms with Gasteiger partial charge in [-0.3, -0.25) is 0 Å². The molecule has 0 bridgehead atoms. The number of nitrogens with zero attached hydrogens (tertiary/aromatic N) is 2. The molecule has 1 aliphatic heterocycles. The van der Waals surface area contributed by atoms with Crippen molar-refractivity contribution in [3.05, 3.63) is 260 Å². The van der Waals surface area contributed by atoms with E-state index >= 15 is 0 Å². The molecular formula is C60H44N2. The van der Waals surface area contributed by atoms with Gasteiger partial charge in [0.1, 0.15) is 0 Å². The van der Waals surface area contributed by atoms with Crippen LogP contribution in [0.15, 0.2) is 255 Å². The van der Waals surface area contributed by atoms with E-state index in [1.54, 1.807) is 0 Å². The van der Waals surface area contributed by atoms with Gasteiger partial charge in [-0.05, 0) is 104 Å². The second-order valence-electron chi connectivity index (χ2n) is 16.0. The average molecular weight is 793 g/mol. The van der Waals surface area contributed by atoms with Gasteiger partial charge < -0.3 is 9.80 Å². The molecule has 0 saturated carbocycles. The van der Waals surface area contributed by atoms with E-state index in [-0.39, 0.29) is 12.0 Å². The average Bonchev–Trinajstić information content (AvgIpc) is 3.70. The van der Waals surface area contributed by atoms with Crippen molar-refractivity contribution in [2.75, 3.05) is 9.80 Å². The summed E-state index contributed by atoms with van der Waals surface area (Å²) in [6.07, 6.45) is 9.12. The molecule has 1 aliphatic carbocycles. The summed E-state index contributed by atoms with van der Waals surface area (Å²) in [6, 6.07) is 84.0. The fraction of sp³-hybridized carbons (Fsp3) is 0.0333. The normalized spacial score (nSPS) is 14.9. The van der Waals surface area contributed by atoms with Crippen LogP contribution in [0.4, 0.5) is 28.4 Å². The molecule has 2 aliphatic rings. The summed E-state index contributed by atoms with van der Waals surface area (Å²) >= 11 is 0. The molecule has 2 nitrogen and oxygen atoms in total. The number of allylic oxidation sites excluding steroid dienone is 2. The second-order valence-corrected chi connectivity index (χ2v) is 16.0. The molecule has 0 radical (unpaired) electrons. The van der Waals surface area contributed by atoms with E-state index in [0.29, 0.717) is 0 Å². The van der Waals surface area contributed by atoms with Crippen LogP contribution in [0.5, 0.6) is 0 Å². The summed E-state index contributed by atoms with van der Waals surface area (Å²) < 4.78 is 0. The lowest BCUT2D eigenvalue weighted by atomic mass is 9.86. The fourth-order valence-corrected chi connectivity index (χ4v) is 9.65. The highest BCUT2D eigenvalue weighted by atomic mass is 15.2. The van der Waals surface area contributed by atoms with Crippen LogP contribution in [-0.2, 0) is 0 Å². The Morgan fingerprint density at radius 3 is 1.61 bits per heavy atom. The van der Waals surface area contributed by atoms with E-state index in [4.69, 9.17) is 0 Å². The molecule has 9 aromatic rings. The highest BCUT2D eigenvalue weighted by Crippen LogP contribution is 2.52. The first-order valence-corrected chi connectivity index (χ1v) is 21.5. The van der Waals surface area contributed by atoms with Crippen molar-refractivity contribution >= 4 is 28.4 Å². The van der Waals surface area contributed by atoms with Gasteiger partial charge in [0.15, 0.2) is 0 Å². The van der Waals surface area contributed by atoms with E-state index in [1.165, 1.54) is 72.6 Å². The Morgan fingerprint density at radius 1 is 0.355 bits per heavy atom. The molecule has 2 atom stereocenters. The molecule has 1 heterocycles. The molecule has 294 valence electrons. The van der Waals surface area contributed by atoms with Crippen molar-refractivity contribution in [3.63, 3.8) is 0 Å². The predicted molar refractivity (Wildman–Crippen MR) is 262 cm³/mol. The Hall–Kier alpha value is -7.94. The van der Waals surface area contributed by atoms with Gasteiger partial charge in [-0.2, -0.15) is 0 Å². The summed E-state index contributed by atoms with van der Waals surface area (Å²) in [4.78, 5) is 4.96. The maximum absolute atomic E-state index is 2.51. The summed E-state index contributed by atoms with van der Waals surface area (Å²) in [7, 11) is 0. The van der Waals surface area contributed by atoms with E-state index in [2.05, 4.69) is 265 Å². The molecule has 0 saturated heterocycles. The zero-order valence-corrected chi connectivity index (χ0v) is 34.3. The minimum Gasteiger partial charge on any atom is -0.333 e. The predicted octanol–water partition coefficient (Wildman–Crippen LogP) is 16.2. The van der Waals surface area contributed by atoms with Crippen LogP contribution in [0.1, 0.15) is 11.5 Å². The SMILES string of the molecule is C1=CC2c3c(-c4ccc(N(c5cccc(-c6ccccc6)c5)c5cccc(-c6ccccc6)c5-c5ccccc5-c5ccccc5)cc4)cccc3N(c3ccccc3)C2C=C1. The first-order valence-electron chi connectivity index (χ1n) is 21.5. The Balaban J connectivity index is 1.11.